The number of phenols is 1. The molecule has 0 spiro atoms. The number of hydrogen-bond acceptors (Lipinski definition) is 7. The summed E-state index contributed by atoms with van der Waals surface area (Å²) in [4.78, 5) is 26.9. The van der Waals surface area contributed by atoms with Crippen molar-refractivity contribution in [3.8, 4) is 28.4 Å². The summed E-state index contributed by atoms with van der Waals surface area (Å²) in [6.45, 7) is 0.382. The van der Waals surface area contributed by atoms with E-state index in [4.69, 9.17) is 9.40 Å². The van der Waals surface area contributed by atoms with Crippen LogP contribution in [0.25, 0.3) is 33.7 Å². The first-order chi connectivity index (χ1) is 18.1. The van der Waals surface area contributed by atoms with Gasteiger partial charge in [-0.15, -0.1) is 0 Å². The molecule has 9 heteroatoms. The van der Waals surface area contributed by atoms with Gasteiger partial charge < -0.3 is 14.8 Å². The van der Waals surface area contributed by atoms with Gasteiger partial charge in [-0.2, -0.15) is 5.10 Å². The number of carbonyl (C=O) groups is 1. The Morgan fingerprint density at radius 1 is 0.919 bits per heavy atom. The second-order valence-corrected chi connectivity index (χ2v) is 8.34. The standard InChI is InChI=1S/C28H20N6O3/c35-21-9-4-8-19(12-21)26-29-14-20(15-30-26)32-28(36)23-13-25(18-6-2-1-3-7-18)33-27-24(23)16-31-34(27)17-22-10-5-11-37-22/h1-16,35H,17H2,(H,32,36). The van der Waals surface area contributed by atoms with Crippen LogP contribution in [0.2, 0.25) is 0 Å². The zero-order chi connectivity index (χ0) is 25.2. The molecule has 0 saturated carbocycles. The van der Waals surface area contributed by atoms with E-state index in [0.29, 0.717) is 45.9 Å². The number of pyridine rings is 1. The van der Waals surface area contributed by atoms with Crippen LogP contribution in [0, 0.1) is 0 Å². The number of hydrogen-bond donors (Lipinski definition) is 2. The van der Waals surface area contributed by atoms with Gasteiger partial charge in [0.15, 0.2) is 11.5 Å². The van der Waals surface area contributed by atoms with Crippen LogP contribution in [0.1, 0.15) is 16.1 Å². The van der Waals surface area contributed by atoms with Gasteiger partial charge in [-0.1, -0.05) is 42.5 Å². The SMILES string of the molecule is O=C(Nc1cnc(-c2cccc(O)c2)nc1)c1cc(-c2ccccc2)nc2c1cnn2Cc1ccco1. The number of nitrogens with zero attached hydrogens (tertiary/aromatic N) is 5. The molecule has 1 amide bonds. The van der Waals surface area contributed by atoms with Crippen molar-refractivity contribution >= 4 is 22.6 Å². The maximum atomic E-state index is 13.5. The quantitative estimate of drug-likeness (QED) is 0.333. The molecule has 0 aliphatic heterocycles. The highest BCUT2D eigenvalue weighted by Gasteiger charge is 2.19. The van der Waals surface area contributed by atoms with Gasteiger partial charge in [0.25, 0.3) is 5.91 Å². The van der Waals surface area contributed by atoms with Gasteiger partial charge in [0.2, 0.25) is 0 Å². The van der Waals surface area contributed by atoms with Crippen LogP contribution in [0.15, 0.2) is 102 Å². The predicted molar refractivity (Wildman–Crippen MR) is 138 cm³/mol. The van der Waals surface area contributed by atoms with Crippen molar-refractivity contribution in [3.05, 3.63) is 109 Å². The number of nitrogens with one attached hydrogen (secondary N) is 1. The minimum Gasteiger partial charge on any atom is -0.508 e. The number of furan rings is 1. The minimum atomic E-state index is -0.337. The minimum absolute atomic E-state index is 0.127. The Bertz CT molecular complexity index is 1690. The van der Waals surface area contributed by atoms with Crippen LogP contribution in [-0.2, 0) is 6.54 Å². The molecule has 0 bridgehead atoms. The lowest BCUT2D eigenvalue weighted by atomic mass is 10.1. The Morgan fingerprint density at radius 3 is 2.49 bits per heavy atom. The van der Waals surface area contributed by atoms with E-state index in [1.54, 1.807) is 47.5 Å². The second kappa shape index (κ2) is 9.38. The van der Waals surface area contributed by atoms with E-state index in [1.807, 2.05) is 42.5 Å². The largest absolute Gasteiger partial charge is 0.508 e. The molecule has 4 aromatic heterocycles. The summed E-state index contributed by atoms with van der Waals surface area (Å²) in [6.07, 6.45) is 6.30. The van der Waals surface area contributed by atoms with Crippen molar-refractivity contribution in [1.29, 1.82) is 0 Å². The molecule has 6 aromatic rings. The number of fused-ring (bicyclic) bond motifs is 1. The number of aromatic nitrogens is 5. The highest BCUT2D eigenvalue weighted by molar-refractivity contribution is 6.12. The third kappa shape index (κ3) is 4.53. The maximum absolute atomic E-state index is 13.5. The summed E-state index contributed by atoms with van der Waals surface area (Å²) in [5.41, 5.74) is 3.62. The van der Waals surface area contributed by atoms with Crippen molar-refractivity contribution in [2.45, 2.75) is 6.54 Å². The first kappa shape index (κ1) is 22.2. The number of phenolic OH excluding ortho intramolecular Hbond substituents is 1. The molecule has 0 unspecified atom stereocenters. The molecule has 6 rings (SSSR count). The molecule has 0 atom stereocenters. The van der Waals surface area contributed by atoms with Gasteiger partial charge in [-0.05, 0) is 30.3 Å². The zero-order valence-corrected chi connectivity index (χ0v) is 19.4. The number of benzene rings is 2. The van der Waals surface area contributed by atoms with Crippen molar-refractivity contribution in [3.63, 3.8) is 0 Å². The summed E-state index contributed by atoms with van der Waals surface area (Å²) < 4.78 is 7.19. The molecule has 180 valence electrons. The molecule has 0 fully saturated rings. The Balaban J connectivity index is 1.35. The lowest BCUT2D eigenvalue weighted by molar-refractivity contribution is 0.102. The van der Waals surface area contributed by atoms with Crippen molar-refractivity contribution in [2.75, 3.05) is 5.32 Å². The maximum Gasteiger partial charge on any atom is 0.256 e. The lowest BCUT2D eigenvalue weighted by Gasteiger charge is -2.10. The fourth-order valence-electron chi connectivity index (χ4n) is 4.04. The predicted octanol–water partition coefficient (Wildman–Crippen LogP) is 5.15. The summed E-state index contributed by atoms with van der Waals surface area (Å²) in [7, 11) is 0. The van der Waals surface area contributed by atoms with Gasteiger partial charge in [0, 0.05) is 11.1 Å². The third-order valence-electron chi connectivity index (χ3n) is 5.82. The number of amides is 1. The molecule has 0 radical (unpaired) electrons. The fraction of sp³-hybridized carbons (Fsp3) is 0.0357. The van der Waals surface area contributed by atoms with E-state index in [1.165, 1.54) is 12.4 Å². The van der Waals surface area contributed by atoms with E-state index in [0.717, 1.165) is 11.3 Å². The average molecular weight is 489 g/mol. The molecule has 0 aliphatic carbocycles. The third-order valence-corrected chi connectivity index (χ3v) is 5.82. The summed E-state index contributed by atoms with van der Waals surface area (Å²) in [5.74, 6) is 0.954. The Morgan fingerprint density at radius 2 is 1.73 bits per heavy atom. The van der Waals surface area contributed by atoms with Crippen molar-refractivity contribution in [2.24, 2.45) is 0 Å². The highest BCUT2D eigenvalue weighted by Crippen LogP contribution is 2.26. The topological polar surface area (TPSA) is 119 Å². The number of aromatic hydroxyl groups is 1. The zero-order valence-electron chi connectivity index (χ0n) is 19.4. The molecule has 37 heavy (non-hydrogen) atoms. The van der Waals surface area contributed by atoms with E-state index in [-0.39, 0.29) is 11.7 Å². The second-order valence-electron chi connectivity index (χ2n) is 8.34. The van der Waals surface area contributed by atoms with E-state index in [9.17, 15) is 9.90 Å². The summed E-state index contributed by atoms with van der Waals surface area (Å²) in [5, 5.41) is 17.7. The summed E-state index contributed by atoms with van der Waals surface area (Å²) >= 11 is 0. The smallest absolute Gasteiger partial charge is 0.256 e. The van der Waals surface area contributed by atoms with E-state index >= 15 is 0 Å². The van der Waals surface area contributed by atoms with Crippen molar-refractivity contribution < 1.29 is 14.3 Å². The van der Waals surface area contributed by atoms with Crippen LogP contribution in [-0.4, -0.2) is 35.7 Å². The fourth-order valence-corrected chi connectivity index (χ4v) is 4.04. The van der Waals surface area contributed by atoms with Gasteiger partial charge in [-0.3, -0.25) is 4.79 Å². The van der Waals surface area contributed by atoms with Gasteiger partial charge >= 0.3 is 0 Å². The normalized spacial score (nSPS) is 11.0. The number of anilines is 1. The average Bonchev–Trinajstić information content (AvgIpc) is 3.59. The van der Waals surface area contributed by atoms with Crippen LogP contribution in [0.5, 0.6) is 5.75 Å². The van der Waals surface area contributed by atoms with E-state index in [2.05, 4.69) is 20.4 Å². The van der Waals surface area contributed by atoms with Crippen LogP contribution in [0.4, 0.5) is 5.69 Å². The number of rotatable bonds is 6. The first-order valence-corrected chi connectivity index (χ1v) is 11.5. The highest BCUT2D eigenvalue weighted by atomic mass is 16.3. The Kier molecular flexibility index (Phi) is 5.62. The van der Waals surface area contributed by atoms with Crippen molar-refractivity contribution in [1.82, 2.24) is 24.7 Å². The molecule has 9 nitrogen and oxygen atoms in total. The van der Waals surface area contributed by atoms with E-state index < -0.39 is 0 Å². The van der Waals surface area contributed by atoms with Crippen LogP contribution in [0.3, 0.4) is 0 Å². The molecule has 4 heterocycles. The van der Waals surface area contributed by atoms with Gasteiger partial charge in [-0.25, -0.2) is 19.6 Å². The van der Waals surface area contributed by atoms with Gasteiger partial charge in [0.05, 0.1) is 47.2 Å². The molecule has 0 saturated heterocycles. The van der Waals surface area contributed by atoms with Crippen LogP contribution >= 0.6 is 0 Å². The molecule has 0 aliphatic rings. The Hall–Kier alpha value is -5.31. The molecule has 2 N–H and O–H groups in total. The molecular weight excluding hydrogens is 468 g/mol. The lowest BCUT2D eigenvalue weighted by Crippen LogP contribution is -2.14. The van der Waals surface area contributed by atoms with Crippen LogP contribution < -0.4 is 5.32 Å². The Labute approximate surface area is 211 Å². The molecule has 2 aromatic carbocycles. The summed E-state index contributed by atoms with van der Waals surface area (Å²) in [6, 6.07) is 21.8. The monoisotopic (exact) mass is 488 g/mol. The first-order valence-electron chi connectivity index (χ1n) is 11.5. The van der Waals surface area contributed by atoms with Gasteiger partial charge in [0.1, 0.15) is 18.1 Å². The molecular formula is C28H20N6O3. The number of carbonyl (C=O) groups excluding carboxylic acids is 1.